The topological polar surface area (TPSA) is 82.8 Å². The van der Waals surface area contributed by atoms with Crippen LogP contribution in [0.5, 0.6) is 5.75 Å². The minimum absolute atomic E-state index is 0.0711. The van der Waals surface area contributed by atoms with Gasteiger partial charge in [0.1, 0.15) is 11.5 Å². The first-order chi connectivity index (χ1) is 9.06. The molecule has 104 valence electrons. The molecule has 0 fully saturated rings. The zero-order chi connectivity index (χ0) is 14.3. The Morgan fingerprint density at radius 1 is 1.32 bits per heavy atom. The lowest BCUT2D eigenvalue weighted by Gasteiger charge is -2.03. The highest BCUT2D eigenvalue weighted by Crippen LogP contribution is 2.10. The van der Waals surface area contributed by atoms with Gasteiger partial charge in [-0.1, -0.05) is 13.3 Å². The number of hydrogen-bond donors (Lipinski definition) is 0. The van der Waals surface area contributed by atoms with E-state index >= 15 is 0 Å². The highest BCUT2D eigenvalue weighted by molar-refractivity contribution is 6.34. The maximum atomic E-state index is 11.5. The standard InChI is InChI=1S/C13H16O6/c1-3-4-5-18-13(16)11(14)7-10-6-9(17-2)8-12(15)19-10/h6,8H,3-5,7H2,1-2H3. The van der Waals surface area contributed by atoms with Crippen LogP contribution >= 0.6 is 0 Å². The van der Waals surface area contributed by atoms with Gasteiger partial charge in [0.15, 0.2) is 0 Å². The number of ether oxygens (including phenoxy) is 2. The van der Waals surface area contributed by atoms with Gasteiger partial charge in [0.2, 0.25) is 5.78 Å². The van der Waals surface area contributed by atoms with E-state index in [0.29, 0.717) is 6.42 Å². The second-order valence-corrected chi connectivity index (χ2v) is 3.87. The molecule has 1 rings (SSSR count). The summed E-state index contributed by atoms with van der Waals surface area (Å²) in [7, 11) is 1.39. The van der Waals surface area contributed by atoms with Crippen molar-refractivity contribution >= 4 is 11.8 Å². The summed E-state index contributed by atoms with van der Waals surface area (Å²) in [5.41, 5.74) is -0.637. The van der Waals surface area contributed by atoms with Gasteiger partial charge < -0.3 is 13.9 Å². The van der Waals surface area contributed by atoms with Crippen molar-refractivity contribution < 1.29 is 23.5 Å². The number of Topliss-reactive ketones (excluding diaryl/α,β-unsaturated/α-hetero) is 1. The van der Waals surface area contributed by atoms with Crippen molar-refractivity contribution in [3.63, 3.8) is 0 Å². The zero-order valence-corrected chi connectivity index (χ0v) is 10.9. The van der Waals surface area contributed by atoms with Crippen molar-refractivity contribution in [2.45, 2.75) is 26.2 Å². The fourth-order valence-electron chi connectivity index (χ4n) is 1.33. The lowest BCUT2D eigenvalue weighted by molar-refractivity contribution is -0.153. The molecule has 0 amide bonds. The first kappa shape index (κ1) is 14.9. The maximum Gasteiger partial charge on any atom is 0.375 e. The number of unbranched alkanes of at least 4 members (excludes halogenated alkanes) is 1. The van der Waals surface area contributed by atoms with E-state index in [1.54, 1.807) is 0 Å². The largest absolute Gasteiger partial charge is 0.496 e. The summed E-state index contributed by atoms with van der Waals surface area (Å²) in [6.45, 7) is 2.16. The summed E-state index contributed by atoms with van der Waals surface area (Å²) >= 11 is 0. The third kappa shape index (κ3) is 4.95. The molecule has 0 aromatic carbocycles. The van der Waals surface area contributed by atoms with E-state index in [-0.39, 0.29) is 24.5 Å². The number of rotatable bonds is 7. The van der Waals surface area contributed by atoms with Gasteiger partial charge in [0.05, 0.1) is 26.2 Å². The molecule has 0 aliphatic carbocycles. The predicted octanol–water partition coefficient (Wildman–Crippen LogP) is 1.10. The van der Waals surface area contributed by atoms with Gasteiger partial charge in [-0.05, 0) is 6.42 Å². The van der Waals surface area contributed by atoms with E-state index < -0.39 is 17.4 Å². The molecule has 0 radical (unpaired) electrons. The van der Waals surface area contributed by atoms with Crippen LogP contribution in [0.1, 0.15) is 25.5 Å². The van der Waals surface area contributed by atoms with Crippen LogP contribution in [-0.4, -0.2) is 25.5 Å². The normalized spacial score (nSPS) is 10.0. The summed E-state index contributed by atoms with van der Waals surface area (Å²) in [5, 5.41) is 0. The Morgan fingerprint density at radius 2 is 2.05 bits per heavy atom. The number of carbonyl (C=O) groups excluding carboxylic acids is 2. The predicted molar refractivity (Wildman–Crippen MR) is 66.1 cm³/mol. The van der Waals surface area contributed by atoms with E-state index in [2.05, 4.69) is 0 Å². The summed E-state index contributed by atoms with van der Waals surface area (Å²) in [4.78, 5) is 34.0. The molecule has 0 atom stereocenters. The van der Waals surface area contributed by atoms with E-state index in [1.807, 2.05) is 6.92 Å². The van der Waals surface area contributed by atoms with Crippen LogP contribution in [0.4, 0.5) is 0 Å². The van der Waals surface area contributed by atoms with Crippen molar-refractivity contribution in [3.8, 4) is 5.75 Å². The molecule has 6 nitrogen and oxygen atoms in total. The number of methoxy groups -OCH3 is 1. The van der Waals surface area contributed by atoms with Gasteiger partial charge in [-0.15, -0.1) is 0 Å². The van der Waals surface area contributed by atoms with Crippen molar-refractivity contribution in [1.82, 2.24) is 0 Å². The van der Waals surface area contributed by atoms with Gasteiger partial charge in [-0.2, -0.15) is 0 Å². The number of ketones is 1. The van der Waals surface area contributed by atoms with Crippen LogP contribution in [0.2, 0.25) is 0 Å². The third-order valence-corrected chi connectivity index (χ3v) is 2.32. The van der Waals surface area contributed by atoms with E-state index in [9.17, 15) is 14.4 Å². The molecular formula is C13H16O6. The quantitative estimate of drug-likeness (QED) is 0.418. The third-order valence-electron chi connectivity index (χ3n) is 2.32. The Labute approximate surface area is 110 Å². The molecule has 1 aromatic heterocycles. The first-order valence-corrected chi connectivity index (χ1v) is 5.94. The van der Waals surface area contributed by atoms with Crippen molar-refractivity contribution in [2.24, 2.45) is 0 Å². The molecule has 0 saturated carbocycles. The molecule has 0 saturated heterocycles. The average Bonchev–Trinajstić information content (AvgIpc) is 2.38. The monoisotopic (exact) mass is 268 g/mol. The lowest BCUT2D eigenvalue weighted by atomic mass is 10.2. The van der Waals surface area contributed by atoms with Crippen molar-refractivity contribution in [2.75, 3.05) is 13.7 Å². The van der Waals surface area contributed by atoms with Crippen LogP contribution in [0.3, 0.4) is 0 Å². The van der Waals surface area contributed by atoms with Gasteiger partial charge >= 0.3 is 11.6 Å². The van der Waals surface area contributed by atoms with E-state index in [4.69, 9.17) is 13.9 Å². The highest BCUT2D eigenvalue weighted by Gasteiger charge is 2.17. The van der Waals surface area contributed by atoms with Gasteiger partial charge in [-0.25, -0.2) is 9.59 Å². The summed E-state index contributed by atoms with van der Waals surface area (Å²) in [6, 6.07) is 2.53. The fourth-order valence-corrected chi connectivity index (χ4v) is 1.33. The van der Waals surface area contributed by atoms with Crippen LogP contribution < -0.4 is 10.4 Å². The minimum Gasteiger partial charge on any atom is -0.496 e. The molecule has 0 aliphatic heterocycles. The molecule has 1 heterocycles. The Morgan fingerprint density at radius 3 is 2.68 bits per heavy atom. The molecule has 0 N–H and O–H groups in total. The molecule has 0 aliphatic rings. The smallest absolute Gasteiger partial charge is 0.375 e. The SMILES string of the molecule is CCCCOC(=O)C(=O)Cc1cc(OC)cc(=O)o1. The molecule has 1 aromatic rings. The second kappa shape index (κ2) is 7.35. The highest BCUT2D eigenvalue weighted by atomic mass is 16.5. The maximum absolute atomic E-state index is 11.5. The average molecular weight is 268 g/mol. The number of esters is 1. The fraction of sp³-hybridized carbons (Fsp3) is 0.462. The van der Waals surface area contributed by atoms with Crippen LogP contribution in [0.15, 0.2) is 21.3 Å². The van der Waals surface area contributed by atoms with Crippen LogP contribution in [0.25, 0.3) is 0 Å². The van der Waals surface area contributed by atoms with E-state index in [0.717, 1.165) is 12.5 Å². The molecule has 0 spiro atoms. The minimum atomic E-state index is -0.918. The Bertz CT molecular complexity index is 502. The van der Waals surface area contributed by atoms with E-state index in [1.165, 1.54) is 13.2 Å². The van der Waals surface area contributed by atoms with Gasteiger partial charge in [0.25, 0.3) is 0 Å². The second-order valence-electron chi connectivity index (χ2n) is 3.87. The van der Waals surface area contributed by atoms with Gasteiger partial charge in [-0.3, -0.25) is 4.79 Å². The molecule has 0 bridgehead atoms. The molecule has 6 heteroatoms. The Hall–Kier alpha value is -2.11. The summed E-state index contributed by atoms with van der Waals surface area (Å²) in [5.74, 6) is -1.33. The van der Waals surface area contributed by atoms with Crippen molar-refractivity contribution in [1.29, 1.82) is 0 Å². The zero-order valence-electron chi connectivity index (χ0n) is 10.9. The molecule has 0 unspecified atom stereocenters. The lowest BCUT2D eigenvalue weighted by Crippen LogP contribution is -2.20. The number of carbonyl (C=O) groups is 2. The van der Waals surface area contributed by atoms with Crippen LogP contribution in [0, 0.1) is 0 Å². The van der Waals surface area contributed by atoms with Gasteiger partial charge in [0, 0.05) is 6.07 Å². The van der Waals surface area contributed by atoms with Crippen LogP contribution in [-0.2, 0) is 20.7 Å². The molecular weight excluding hydrogens is 252 g/mol. The van der Waals surface area contributed by atoms with Crippen molar-refractivity contribution in [3.05, 3.63) is 28.3 Å². The number of hydrogen-bond acceptors (Lipinski definition) is 6. The Kier molecular flexibility index (Phi) is 5.78. The molecule has 19 heavy (non-hydrogen) atoms. The first-order valence-electron chi connectivity index (χ1n) is 5.94. The summed E-state index contributed by atoms with van der Waals surface area (Å²) < 4.78 is 14.4. The Balaban J connectivity index is 2.63. The summed E-state index contributed by atoms with van der Waals surface area (Å²) in [6.07, 6.45) is 1.25.